The smallest absolute Gasteiger partial charge is 0.120 e. The van der Waals surface area contributed by atoms with E-state index in [1.165, 1.54) is 23.1 Å². The Hall–Kier alpha value is -1.75. The number of ether oxygens (including phenoxy) is 1. The maximum absolute atomic E-state index is 9.09. The van der Waals surface area contributed by atoms with Gasteiger partial charge in [-0.25, -0.2) is 0 Å². The minimum absolute atomic E-state index is 0.119. The first kappa shape index (κ1) is 17.6. The Morgan fingerprint density at radius 3 is 2.48 bits per heavy atom. The molecule has 2 nitrogen and oxygen atoms in total. The zero-order valence-electron chi connectivity index (χ0n) is 15.4. The number of hydrogen-bond donors (Lipinski definition) is 0. The molecule has 0 unspecified atom stereocenters. The predicted molar refractivity (Wildman–Crippen MR) is 96.8 cm³/mol. The molecule has 0 N–H and O–H groups in total. The molecule has 1 aromatic carbocycles. The van der Waals surface area contributed by atoms with Gasteiger partial charge in [-0.2, -0.15) is 5.26 Å². The average Bonchev–Trinajstić information content (AvgIpc) is 2.49. The van der Waals surface area contributed by atoms with E-state index in [4.69, 9.17) is 10.00 Å². The summed E-state index contributed by atoms with van der Waals surface area (Å²) < 4.78 is 5.94. The third-order valence-electron chi connectivity index (χ3n) is 5.07. The lowest BCUT2D eigenvalue weighted by Crippen LogP contribution is -2.35. The van der Waals surface area contributed by atoms with Crippen molar-refractivity contribution in [3.8, 4) is 11.8 Å². The van der Waals surface area contributed by atoms with Crippen LogP contribution in [0.4, 0.5) is 0 Å². The van der Waals surface area contributed by atoms with Crippen LogP contribution in [0.1, 0.15) is 77.5 Å². The zero-order valence-corrected chi connectivity index (χ0v) is 15.4. The first-order valence-corrected chi connectivity index (χ1v) is 8.61. The number of nitrogens with zero attached hydrogens (tertiary/aromatic N) is 1. The summed E-state index contributed by atoms with van der Waals surface area (Å²) in [7, 11) is 0. The second-order valence-electron chi connectivity index (χ2n) is 7.97. The van der Waals surface area contributed by atoms with Crippen molar-refractivity contribution < 1.29 is 4.74 Å². The van der Waals surface area contributed by atoms with Crippen molar-refractivity contribution in [3.05, 3.63) is 34.9 Å². The molecule has 0 spiro atoms. The molecule has 0 aromatic heterocycles. The first-order valence-electron chi connectivity index (χ1n) is 8.61. The maximum atomic E-state index is 9.09. The summed E-state index contributed by atoms with van der Waals surface area (Å²) in [5, 5.41) is 9.09. The summed E-state index contributed by atoms with van der Waals surface area (Å²) >= 11 is 0. The molecule has 124 valence electrons. The van der Waals surface area contributed by atoms with Crippen LogP contribution < -0.4 is 4.74 Å². The van der Waals surface area contributed by atoms with Gasteiger partial charge in [-0.05, 0) is 71.4 Å². The summed E-state index contributed by atoms with van der Waals surface area (Å²) in [6.07, 6.45) is 4.98. The zero-order chi connectivity index (χ0) is 17.3. The number of benzene rings is 1. The average molecular weight is 311 g/mol. The minimum Gasteiger partial charge on any atom is -0.494 e. The van der Waals surface area contributed by atoms with Gasteiger partial charge in [0, 0.05) is 6.08 Å². The molecule has 0 radical (unpaired) electrons. The molecular formula is C21H29NO. The number of allylic oxidation sites excluding steroid dienone is 2. The largest absolute Gasteiger partial charge is 0.494 e. The molecule has 0 bridgehead atoms. The van der Waals surface area contributed by atoms with Crippen LogP contribution in [0, 0.1) is 11.3 Å². The molecule has 0 amide bonds. The fourth-order valence-corrected chi connectivity index (χ4v) is 3.55. The van der Waals surface area contributed by atoms with Gasteiger partial charge in [-0.3, -0.25) is 0 Å². The van der Waals surface area contributed by atoms with Crippen LogP contribution in [0.15, 0.2) is 18.2 Å². The summed E-state index contributed by atoms with van der Waals surface area (Å²) in [4.78, 5) is 0. The van der Waals surface area contributed by atoms with Crippen molar-refractivity contribution in [3.63, 3.8) is 0 Å². The Kier molecular flexibility index (Phi) is 4.90. The van der Waals surface area contributed by atoms with Gasteiger partial charge in [-0.15, -0.1) is 0 Å². The number of fused-ring (bicyclic) bond motifs is 1. The molecule has 1 aliphatic rings. The van der Waals surface area contributed by atoms with E-state index in [1.54, 1.807) is 6.08 Å². The molecule has 1 aliphatic carbocycles. The van der Waals surface area contributed by atoms with Crippen molar-refractivity contribution in [2.45, 2.75) is 71.6 Å². The summed E-state index contributed by atoms with van der Waals surface area (Å²) in [6, 6.07) is 6.54. The molecule has 0 saturated carbocycles. The fourth-order valence-electron chi connectivity index (χ4n) is 3.55. The lowest BCUT2D eigenvalue weighted by molar-refractivity contribution is 0.307. The van der Waals surface area contributed by atoms with Crippen molar-refractivity contribution in [1.29, 1.82) is 5.26 Å². The van der Waals surface area contributed by atoms with Crippen LogP contribution in [-0.2, 0) is 10.8 Å². The van der Waals surface area contributed by atoms with Gasteiger partial charge >= 0.3 is 0 Å². The van der Waals surface area contributed by atoms with Gasteiger partial charge in [0.25, 0.3) is 0 Å². The van der Waals surface area contributed by atoms with Gasteiger partial charge in [0.2, 0.25) is 0 Å². The molecule has 0 saturated heterocycles. The molecule has 0 fully saturated rings. The van der Waals surface area contributed by atoms with Crippen LogP contribution in [-0.4, -0.2) is 6.61 Å². The van der Waals surface area contributed by atoms with Gasteiger partial charge in [0.15, 0.2) is 0 Å². The Labute approximate surface area is 141 Å². The fraction of sp³-hybridized carbons (Fsp3) is 0.571. The maximum Gasteiger partial charge on any atom is 0.120 e. The van der Waals surface area contributed by atoms with E-state index >= 15 is 0 Å². The van der Waals surface area contributed by atoms with Gasteiger partial charge in [0.05, 0.1) is 12.7 Å². The molecule has 2 heteroatoms. The Bertz CT molecular complexity index is 659. The van der Waals surface area contributed by atoms with Gasteiger partial charge in [0.1, 0.15) is 5.75 Å². The summed E-state index contributed by atoms with van der Waals surface area (Å²) in [5.74, 6) is 0.928. The molecule has 1 aromatic rings. The van der Waals surface area contributed by atoms with E-state index in [9.17, 15) is 0 Å². The van der Waals surface area contributed by atoms with Crippen LogP contribution in [0.3, 0.4) is 0 Å². The van der Waals surface area contributed by atoms with Crippen molar-refractivity contribution in [2.75, 3.05) is 6.61 Å². The van der Waals surface area contributed by atoms with Crippen LogP contribution >= 0.6 is 0 Å². The van der Waals surface area contributed by atoms with Crippen molar-refractivity contribution >= 4 is 5.57 Å². The Morgan fingerprint density at radius 1 is 1.22 bits per heavy atom. The highest BCUT2D eigenvalue weighted by molar-refractivity contribution is 5.73. The standard InChI is InChI=1S/C21H29NO/c1-7-12-23-16-13-17(15(2)8-11-22)19-18(14-16)20(3,4)9-10-21(19,5)6/h8,13-14H,7,9-10,12H2,1-6H3/b15-8+. The quantitative estimate of drug-likeness (QED) is 0.663. The monoisotopic (exact) mass is 311 g/mol. The third-order valence-corrected chi connectivity index (χ3v) is 5.07. The lowest BCUT2D eigenvalue weighted by Gasteiger charge is -2.43. The van der Waals surface area contributed by atoms with E-state index in [0.717, 1.165) is 30.8 Å². The second-order valence-corrected chi connectivity index (χ2v) is 7.97. The normalized spacial score (nSPS) is 18.9. The van der Waals surface area contributed by atoms with Crippen LogP contribution in [0.25, 0.3) is 5.57 Å². The number of hydrogen-bond acceptors (Lipinski definition) is 2. The lowest BCUT2D eigenvalue weighted by atomic mass is 9.61. The topological polar surface area (TPSA) is 33.0 Å². The summed E-state index contributed by atoms with van der Waals surface area (Å²) in [6.45, 7) is 14.1. The Balaban J connectivity index is 2.73. The second kappa shape index (κ2) is 6.40. The van der Waals surface area contributed by atoms with Crippen LogP contribution in [0.5, 0.6) is 5.75 Å². The number of nitriles is 1. The summed E-state index contributed by atoms with van der Waals surface area (Å²) in [5.41, 5.74) is 5.22. The highest BCUT2D eigenvalue weighted by atomic mass is 16.5. The molecule has 23 heavy (non-hydrogen) atoms. The molecule has 0 heterocycles. The van der Waals surface area contributed by atoms with Crippen molar-refractivity contribution in [1.82, 2.24) is 0 Å². The molecule has 0 aliphatic heterocycles. The third kappa shape index (κ3) is 3.44. The van der Waals surface area contributed by atoms with Crippen LogP contribution in [0.2, 0.25) is 0 Å². The Morgan fingerprint density at radius 2 is 1.87 bits per heavy atom. The molecule has 0 atom stereocenters. The van der Waals surface area contributed by atoms with Gasteiger partial charge in [-0.1, -0.05) is 34.6 Å². The van der Waals surface area contributed by atoms with E-state index in [-0.39, 0.29) is 10.8 Å². The van der Waals surface area contributed by atoms with Gasteiger partial charge < -0.3 is 4.74 Å². The van der Waals surface area contributed by atoms with E-state index < -0.39 is 0 Å². The van der Waals surface area contributed by atoms with E-state index in [0.29, 0.717) is 0 Å². The SMILES string of the molecule is CCCOc1cc(/C(C)=C/C#N)c2c(c1)C(C)(C)CCC2(C)C. The molecular weight excluding hydrogens is 282 g/mol. The highest BCUT2D eigenvalue weighted by Gasteiger charge is 2.39. The highest BCUT2D eigenvalue weighted by Crippen LogP contribution is 2.49. The van der Waals surface area contributed by atoms with Crippen molar-refractivity contribution in [2.24, 2.45) is 0 Å². The van der Waals surface area contributed by atoms with E-state index in [1.807, 2.05) is 6.92 Å². The first-order chi connectivity index (χ1) is 10.7. The molecule has 2 rings (SSSR count). The minimum atomic E-state index is 0.119. The predicted octanol–water partition coefficient (Wildman–Crippen LogP) is 5.75. The van der Waals surface area contributed by atoms with E-state index in [2.05, 4.69) is 52.8 Å². The number of rotatable bonds is 4.